The summed E-state index contributed by atoms with van der Waals surface area (Å²) < 4.78 is 65.5. The fraction of sp³-hybridized carbons (Fsp3) is 0.722. The minimum absolute atomic E-state index is 0.0326. The summed E-state index contributed by atoms with van der Waals surface area (Å²) in [5.74, 6) is -1.56. The average molecular weight is 1040 g/mol. The van der Waals surface area contributed by atoms with Crippen LogP contribution in [0.4, 0.5) is 13.2 Å². The van der Waals surface area contributed by atoms with Crippen LogP contribution in [0.2, 0.25) is 0 Å². The number of ether oxygens (including phenoxy) is 4. The number of aromatic nitrogens is 2. The number of likely N-dealkylation sites (tertiary alicyclic amines) is 1. The second kappa shape index (κ2) is 24.9. The first-order valence-corrected chi connectivity index (χ1v) is 27.0. The van der Waals surface area contributed by atoms with Crippen molar-refractivity contribution in [2.24, 2.45) is 23.2 Å². The van der Waals surface area contributed by atoms with Gasteiger partial charge < -0.3 is 50.0 Å². The standard InChI is InChI=1S/C54H77F3N8O9/c1-33(2)53(19-17-39(27-53)61-43-18-23-72-32-45(43)71-4)52(70)65-30-36-25-37(54(55,56)57)29-60-48(36)44(31-65)63-50(68)34-9-11-38(12-10-34)62-46(66)8-6-22-73-40-13-15-41(16-14-40)74-24-21-59-51(69)42-26-47(67)64(3)49(42)35-7-5-20-58-28-35/h5,7,20,25,28-29,33-34,38-45,49,61H,6,8-19,21-24,26-27,30-32H2,1-4H3,(H,59,69)(H,62,66)(H,63,68)/t34?,38?,39-,40?,41?,42+,43+,44+,45-,49-,53+/m1/s1. The van der Waals surface area contributed by atoms with Crippen LogP contribution in [-0.4, -0.2) is 139 Å². The lowest BCUT2D eigenvalue weighted by atomic mass is 9.73. The highest BCUT2D eigenvalue weighted by Crippen LogP contribution is 2.48. The first-order valence-electron chi connectivity index (χ1n) is 27.0. The molecular weight excluding hydrogens is 962 g/mol. The summed E-state index contributed by atoms with van der Waals surface area (Å²) >= 11 is 0. The summed E-state index contributed by atoms with van der Waals surface area (Å²) in [5.41, 5.74) is -0.187. The number of pyridine rings is 2. The Kier molecular flexibility index (Phi) is 18.7. The molecule has 2 saturated heterocycles. The number of fused-ring (bicyclic) bond motifs is 1. The molecule has 3 aliphatic carbocycles. The number of hydrogen-bond acceptors (Lipinski definition) is 12. The number of alkyl halides is 3. The Morgan fingerprint density at radius 1 is 0.932 bits per heavy atom. The maximum absolute atomic E-state index is 14.8. The molecule has 4 N–H and O–H groups in total. The molecule has 74 heavy (non-hydrogen) atoms. The van der Waals surface area contributed by atoms with Crippen molar-refractivity contribution in [3.63, 3.8) is 0 Å². The molecule has 6 aliphatic rings. The summed E-state index contributed by atoms with van der Waals surface area (Å²) in [6.07, 6.45) is 9.04. The zero-order valence-corrected chi connectivity index (χ0v) is 43.5. The van der Waals surface area contributed by atoms with Gasteiger partial charge in [0.05, 0.1) is 66.2 Å². The zero-order chi connectivity index (χ0) is 52.6. The molecule has 0 spiro atoms. The van der Waals surface area contributed by atoms with E-state index in [9.17, 15) is 37.1 Å². The summed E-state index contributed by atoms with van der Waals surface area (Å²) in [7, 11) is 3.39. The van der Waals surface area contributed by atoms with Crippen LogP contribution in [-0.2, 0) is 55.6 Å². The first-order chi connectivity index (χ1) is 35.5. The van der Waals surface area contributed by atoms with Crippen molar-refractivity contribution in [2.45, 2.75) is 171 Å². The Labute approximate surface area is 432 Å². The van der Waals surface area contributed by atoms with E-state index in [0.29, 0.717) is 90.0 Å². The summed E-state index contributed by atoms with van der Waals surface area (Å²) in [6, 6.07) is 3.68. The van der Waals surface area contributed by atoms with Crippen LogP contribution < -0.4 is 21.3 Å². The van der Waals surface area contributed by atoms with Gasteiger partial charge in [-0.05, 0) is 113 Å². The number of carbonyl (C=O) groups excluding carboxylic acids is 5. The minimum Gasteiger partial charge on any atom is -0.379 e. The third-order valence-corrected chi connectivity index (χ3v) is 16.9. The van der Waals surface area contributed by atoms with E-state index in [1.165, 1.54) is 0 Å². The van der Waals surface area contributed by atoms with E-state index in [4.69, 9.17) is 18.9 Å². The molecule has 0 aromatic carbocycles. The minimum atomic E-state index is -4.63. The number of nitrogens with zero attached hydrogens (tertiary/aromatic N) is 4. The van der Waals surface area contributed by atoms with E-state index in [1.807, 2.05) is 19.9 Å². The number of halogens is 3. The van der Waals surface area contributed by atoms with Crippen LogP contribution in [0, 0.1) is 23.2 Å². The second-order valence-electron chi connectivity index (χ2n) is 21.9. The van der Waals surface area contributed by atoms with Crippen molar-refractivity contribution in [1.82, 2.24) is 41.0 Å². The predicted octanol–water partition coefficient (Wildman–Crippen LogP) is 5.72. The van der Waals surface area contributed by atoms with E-state index >= 15 is 0 Å². The van der Waals surface area contributed by atoms with Gasteiger partial charge in [0.2, 0.25) is 29.5 Å². The van der Waals surface area contributed by atoms with Gasteiger partial charge in [0.25, 0.3) is 0 Å². The summed E-state index contributed by atoms with van der Waals surface area (Å²) in [5, 5.41) is 12.9. The van der Waals surface area contributed by atoms with Crippen LogP contribution >= 0.6 is 0 Å². The Balaban J connectivity index is 0.737. The topological polar surface area (TPSA) is 203 Å². The normalized spacial score (nSPS) is 30.5. The fourth-order valence-electron chi connectivity index (χ4n) is 12.5. The number of nitrogens with one attached hydrogen (secondary N) is 4. The largest absolute Gasteiger partial charge is 0.417 e. The third kappa shape index (κ3) is 13.4. The quantitative estimate of drug-likeness (QED) is 0.125. The van der Waals surface area contributed by atoms with E-state index in [2.05, 4.69) is 31.2 Å². The van der Waals surface area contributed by atoms with Crippen molar-refractivity contribution < 1.29 is 56.1 Å². The van der Waals surface area contributed by atoms with Crippen molar-refractivity contribution in [1.29, 1.82) is 0 Å². The zero-order valence-electron chi connectivity index (χ0n) is 43.5. The molecule has 3 aliphatic heterocycles. The Bertz CT molecular complexity index is 2240. The van der Waals surface area contributed by atoms with Crippen molar-refractivity contribution >= 4 is 29.5 Å². The molecule has 0 radical (unpaired) electrons. The number of methoxy groups -OCH3 is 1. The maximum Gasteiger partial charge on any atom is 0.417 e. The van der Waals surface area contributed by atoms with Crippen LogP contribution in [0.5, 0.6) is 0 Å². The molecule has 2 aromatic rings. The van der Waals surface area contributed by atoms with Gasteiger partial charge in [0, 0.05) is 102 Å². The lowest BCUT2D eigenvalue weighted by molar-refractivity contribution is -0.147. The van der Waals surface area contributed by atoms with Crippen LogP contribution in [0.3, 0.4) is 0 Å². The molecule has 0 unspecified atom stereocenters. The Morgan fingerprint density at radius 2 is 1.68 bits per heavy atom. The van der Waals surface area contributed by atoms with E-state index in [0.717, 1.165) is 56.4 Å². The maximum atomic E-state index is 14.8. The molecule has 8 rings (SSSR count). The van der Waals surface area contributed by atoms with Gasteiger partial charge in [-0.1, -0.05) is 19.9 Å². The molecule has 17 nitrogen and oxygen atoms in total. The molecule has 5 amide bonds. The molecule has 0 bridgehead atoms. The number of carbonyl (C=O) groups is 5. The van der Waals surface area contributed by atoms with Gasteiger partial charge >= 0.3 is 6.18 Å². The molecule has 20 heteroatoms. The van der Waals surface area contributed by atoms with Crippen molar-refractivity contribution in [2.75, 3.05) is 53.7 Å². The SMILES string of the molecule is CO[C@@H]1COCC[C@@H]1N[C@@H]1CC[C@@](C(=O)N2Cc3cc(C(F)(F)F)cnc3[C@@H](NC(=O)C3CCC(NC(=O)CCCOC4CCC(OCCNC(=O)[C@H]5CC(=O)N(C)[C@@H]5c5cccnc5)CC4)CC3)C2)(C(C)C)C1. The van der Waals surface area contributed by atoms with Crippen LogP contribution in [0.1, 0.15) is 145 Å². The van der Waals surface area contributed by atoms with Crippen molar-refractivity contribution in [3.05, 3.63) is 59.2 Å². The van der Waals surface area contributed by atoms with Gasteiger partial charge in [-0.3, -0.25) is 33.9 Å². The molecule has 5 fully saturated rings. The highest BCUT2D eigenvalue weighted by atomic mass is 19.4. The summed E-state index contributed by atoms with van der Waals surface area (Å²) in [6.45, 7) is 6.44. The molecule has 2 aromatic heterocycles. The average Bonchev–Trinajstić information content (AvgIpc) is 3.97. The summed E-state index contributed by atoms with van der Waals surface area (Å²) in [4.78, 5) is 79.0. The third-order valence-electron chi connectivity index (χ3n) is 16.9. The van der Waals surface area contributed by atoms with E-state index in [1.54, 1.807) is 42.4 Å². The van der Waals surface area contributed by atoms with Gasteiger partial charge in [0.1, 0.15) is 0 Å². The number of hydrogen-bond donors (Lipinski definition) is 4. The smallest absolute Gasteiger partial charge is 0.379 e. The highest BCUT2D eigenvalue weighted by Gasteiger charge is 2.51. The van der Waals surface area contributed by atoms with E-state index < -0.39 is 29.1 Å². The number of amides is 5. The van der Waals surface area contributed by atoms with Gasteiger partial charge in [-0.2, -0.15) is 13.2 Å². The molecule has 3 saturated carbocycles. The fourth-order valence-corrected chi connectivity index (χ4v) is 12.5. The molecule has 408 valence electrons. The Hall–Kier alpha value is -4.76. The second-order valence-corrected chi connectivity index (χ2v) is 21.9. The van der Waals surface area contributed by atoms with Gasteiger partial charge in [-0.25, -0.2) is 0 Å². The lowest BCUT2D eigenvalue weighted by Crippen LogP contribution is -2.53. The molecule has 7 atom stereocenters. The Morgan fingerprint density at radius 3 is 2.36 bits per heavy atom. The van der Waals surface area contributed by atoms with E-state index in [-0.39, 0.29) is 109 Å². The monoisotopic (exact) mass is 1040 g/mol. The van der Waals surface area contributed by atoms with Crippen LogP contribution in [0.25, 0.3) is 0 Å². The van der Waals surface area contributed by atoms with Crippen LogP contribution in [0.15, 0.2) is 36.8 Å². The van der Waals surface area contributed by atoms with Gasteiger partial charge in [0.15, 0.2) is 0 Å². The highest BCUT2D eigenvalue weighted by molar-refractivity contribution is 5.90. The number of rotatable bonds is 19. The molecular formula is C54H77F3N8O9. The predicted molar refractivity (Wildman–Crippen MR) is 266 cm³/mol. The van der Waals surface area contributed by atoms with Crippen molar-refractivity contribution in [3.8, 4) is 0 Å². The molecule has 5 heterocycles. The lowest BCUT2D eigenvalue weighted by Gasteiger charge is -2.42. The van der Waals surface area contributed by atoms with Gasteiger partial charge in [-0.15, -0.1) is 0 Å². The first kappa shape index (κ1) is 55.5.